The van der Waals surface area contributed by atoms with Crippen molar-refractivity contribution < 1.29 is 24.3 Å². The molecule has 0 atom stereocenters. The molecule has 0 radical (unpaired) electrons. The Hall–Kier alpha value is -1.99. The minimum absolute atomic E-state index is 0.0170. The van der Waals surface area contributed by atoms with E-state index in [-0.39, 0.29) is 29.9 Å². The van der Waals surface area contributed by atoms with Crippen molar-refractivity contribution in [2.24, 2.45) is 0 Å². The average molecular weight is 297 g/mol. The van der Waals surface area contributed by atoms with E-state index in [0.717, 1.165) is 6.07 Å². The number of hydrogen-bond donors (Lipinski definition) is 1. The number of aromatic carboxylic acids is 1. The molecule has 0 aliphatic carbocycles. The second-order valence-corrected chi connectivity index (χ2v) is 5.39. The molecule has 0 aromatic heterocycles. The van der Waals surface area contributed by atoms with Gasteiger partial charge in [-0.15, -0.1) is 0 Å². The van der Waals surface area contributed by atoms with E-state index in [1.54, 1.807) is 0 Å². The van der Waals surface area contributed by atoms with Crippen molar-refractivity contribution in [2.75, 3.05) is 13.2 Å². The first kappa shape index (κ1) is 17.1. The van der Waals surface area contributed by atoms with Gasteiger partial charge in [-0.05, 0) is 26.3 Å². The summed E-state index contributed by atoms with van der Waals surface area (Å²) in [7, 11) is 0. The van der Waals surface area contributed by atoms with Gasteiger partial charge in [0.25, 0.3) is 5.69 Å². The molecule has 0 aliphatic rings. The van der Waals surface area contributed by atoms with Crippen LogP contribution in [0.5, 0.6) is 0 Å². The quantitative estimate of drug-likeness (QED) is 0.472. The monoisotopic (exact) mass is 297 g/mol. The molecule has 1 aromatic rings. The molecule has 0 unspecified atom stereocenters. The molecule has 0 aliphatic heterocycles. The minimum Gasteiger partial charge on any atom is -0.477 e. The SMILES string of the molecule is CC(C)(C)OCCOCc1cccc([N+](=O)[O-])c1C(=O)O. The molecule has 0 fully saturated rings. The maximum atomic E-state index is 11.2. The van der Waals surface area contributed by atoms with Gasteiger partial charge in [0.2, 0.25) is 0 Å². The molecule has 1 aromatic carbocycles. The van der Waals surface area contributed by atoms with Crippen molar-refractivity contribution in [2.45, 2.75) is 33.0 Å². The number of carbonyl (C=O) groups is 1. The maximum absolute atomic E-state index is 11.2. The number of rotatable bonds is 7. The number of carboxylic acid groups (broad SMARTS) is 1. The Morgan fingerprint density at radius 3 is 2.52 bits per heavy atom. The highest BCUT2D eigenvalue weighted by Crippen LogP contribution is 2.23. The molecule has 1 N–H and O–H groups in total. The summed E-state index contributed by atoms with van der Waals surface area (Å²) in [4.78, 5) is 21.3. The van der Waals surface area contributed by atoms with Crippen LogP contribution in [0.1, 0.15) is 36.7 Å². The Balaban J connectivity index is 2.69. The van der Waals surface area contributed by atoms with E-state index in [2.05, 4.69) is 0 Å². The summed E-state index contributed by atoms with van der Waals surface area (Å²) in [6, 6.07) is 4.10. The van der Waals surface area contributed by atoms with Gasteiger partial charge in [-0.1, -0.05) is 12.1 Å². The third-order valence-electron chi connectivity index (χ3n) is 2.56. The second-order valence-electron chi connectivity index (χ2n) is 5.39. The maximum Gasteiger partial charge on any atom is 0.343 e. The van der Waals surface area contributed by atoms with Crippen molar-refractivity contribution in [3.63, 3.8) is 0 Å². The van der Waals surface area contributed by atoms with Crippen molar-refractivity contribution in [3.8, 4) is 0 Å². The molecule has 0 heterocycles. The van der Waals surface area contributed by atoms with Crippen LogP contribution in [0.3, 0.4) is 0 Å². The summed E-state index contributed by atoms with van der Waals surface area (Å²) < 4.78 is 10.8. The van der Waals surface area contributed by atoms with Gasteiger partial charge >= 0.3 is 5.97 Å². The largest absolute Gasteiger partial charge is 0.477 e. The van der Waals surface area contributed by atoms with Gasteiger partial charge in [-0.2, -0.15) is 0 Å². The van der Waals surface area contributed by atoms with E-state index in [1.807, 2.05) is 20.8 Å². The van der Waals surface area contributed by atoms with Gasteiger partial charge in [-0.3, -0.25) is 10.1 Å². The van der Waals surface area contributed by atoms with Crippen LogP contribution in [0.25, 0.3) is 0 Å². The van der Waals surface area contributed by atoms with Crippen LogP contribution in [0.15, 0.2) is 18.2 Å². The van der Waals surface area contributed by atoms with Gasteiger partial charge < -0.3 is 14.6 Å². The molecular formula is C14H19NO6. The minimum atomic E-state index is -1.34. The van der Waals surface area contributed by atoms with Crippen molar-refractivity contribution >= 4 is 11.7 Å². The first-order chi connectivity index (χ1) is 9.72. The average Bonchev–Trinajstić information content (AvgIpc) is 2.36. The predicted molar refractivity (Wildman–Crippen MR) is 75.4 cm³/mol. The highest BCUT2D eigenvalue weighted by Gasteiger charge is 2.23. The lowest BCUT2D eigenvalue weighted by molar-refractivity contribution is -0.385. The van der Waals surface area contributed by atoms with E-state index >= 15 is 0 Å². The molecule has 21 heavy (non-hydrogen) atoms. The number of carboxylic acids is 1. The smallest absolute Gasteiger partial charge is 0.343 e. The van der Waals surface area contributed by atoms with E-state index in [9.17, 15) is 14.9 Å². The Morgan fingerprint density at radius 1 is 1.33 bits per heavy atom. The Morgan fingerprint density at radius 2 is 2.00 bits per heavy atom. The number of nitrogens with zero attached hydrogens (tertiary/aromatic N) is 1. The first-order valence-electron chi connectivity index (χ1n) is 6.43. The normalized spacial score (nSPS) is 11.4. The van der Waals surface area contributed by atoms with Crippen molar-refractivity contribution in [3.05, 3.63) is 39.4 Å². The van der Waals surface area contributed by atoms with Crippen LogP contribution >= 0.6 is 0 Å². The van der Waals surface area contributed by atoms with Gasteiger partial charge in [0.05, 0.1) is 30.3 Å². The molecular weight excluding hydrogens is 278 g/mol. The Bertz CT molecular complexity index is 521. The number of hydrogen-bond acceptors (Lipinski definition) is 5. The lowest BCUT2D eigenvalue weighted by Gasteiger charge is -2.19. The Kier molecular flexibility index (Phi) is 5.80. The standard InChI is InChI=1S/C14H19NO6/c1-14(2,3)21-8-7-20-9-10-5-4-6-11(15(18)19)12(10)13(16)17/h4-6H,7-9H2,1-3H3,(H,16,17). The highest BCUT2D eigenvalue weighted by atomic mass is 16.6. The molecule has 0 saturated carbocycles. The number of ether oxygens (including phenoxy) is 2. The molecule has 1 rings (SSSR count). The predicted octanol–water partition coefficient (Wildman–Crippen LogP) is 2.62. The van der Waals surface area contributed by atoms with E-state index in [1.165, 1.54) is 12.1 Å². The summed E-state index contributed by atoms with van der Waals surface area (Å²) in [6.07, 6.45) is 0. The van der Waals surface area contributed by atoms with E-state index in [0.29, 0.717) is 6.61 Å². The zero-order valence-corrected chi connectivity index (χ0v) is 12.3. The summed E-state index contributed by atoms with van der Waals surface area (Å²) in [5, 5.41) is 20.0. The summed E-state index contributed by atoms with van der Waals surface area (Å²) in [6.45, 7) is 6.36. The third kappa shape index (κ3) is 5.49. The summed E-state index contributed by atoms with van der Waals surface area (Å²) >= 11 is 0. The van der Waals surface area contributed by atoms with E-state index in [4.69, 9.17) is 14.6 Å². The fourth-order valence-electron chi connectivity index (χ4n) is 1.69. The lowest BCUT2D eigenvalue weighted by Crippen LogP contribution is -2.21. The molecule has 0 saturated heterocycles. The first-order valence-corrected chi connectivity index (χ1v) is 6.43. The van der Waals surface area contributed by atoms with Crippen molar-refractivity contribution in [1.29, 1.82) is 0 Å². The second kappa shape index (κ2) is 7.14. The lowest BCUT2D eigenvalue weighted by atomic mass is 10.1. The zero-order valence-electron chi connectivity index (χ0n) is 12.3. The number of nitro groups is 1. The number of benzene rings is 1. The van der Waals surface area contributed by atoms with Crippen LogP contribution < -0.4 is 0 Å². The van der Waals surface area contributed by atoms with Gasteiger partial charge in [-0.25, -0.2) is 4.79 Å². The van der Waals surface area contributed by atoms with Crippen LogP contribution in [0.4, 0.5) is 5.69 Å². The van der Waals surface area contributed by atoms with Crippen LogP contribution in [-0.2, 0) is 16.1 Å². The topological polar surface area (TPSA) is 98.9 Å². The zero-order chi connectivity index (χ0) is 16.0. The molecule has 0 amide bonds. The fraction of sp³-hybridized carbons (Fsp3) is 0.500. The highest BCUT2D eigenvalue weighted by molar-refractivity contribution is 5.94. The van der Waals surface area contributed by atoms with E-state index < -0.39 is 16.6 Å². The van der Waals surface area contributed by atoms with Gasteiger partial charge in [0.1, 0.15) is 5.56 Å². The van der Waals surface area contributed by atoms with Gasteiger partial charge in [0.15, 0.2) is 0 Å². The van der Waals surface area contributed by atoms with Crippen molar-refractivity contribution in [1.82, 2.24) is 0 Å². The Labute approximate surface area is 122 Å². The fourth-order valence-corrected chi connectivity index (χ4v) is 1.69. The molecule has 116 valence electrons. The van der Waals surface area contributed by atoms with Crippen LogP contribution in [-0.4, -0.2) is 34.8 Å². The molecule has 0 bridgehead atoms. The summed E-state index contributed by atoms with van der Waals surface area (Å²) in [5.74, 6) is -1.34. The van der Waals surface area contributed by atoms with Crippen LogP contribution in [0.2, 0.25) is 0 Å². The summed E-state index contributed by atoms with van der Waals surface area (Å²) in [5.41, 5.74) is -0.776. The molecule has 7 nitrogen and oxygen atoms in total. The van der Waals surface area contributed by atoms with Gasteiger partial charge in [0, 0.05) is 6.07 Å². The molecule has 0 spiro atoms. The number of nitro benzene ring substituents is 1. The molecule has 7 heteroatoms. The van der Waals surface area contributed by atoms with Crippen LogP contribution in [0, 0.1) is 10.1 Å². The third-order valence-corrected chi connectivity index (χ3v) is 2.56.